The largest absolute Gasteiger partial charge is 0.468 e. The van der Waals surface area contributed by atoms with Gasteiger partial charge in [-0.1, -0.05) is 13.8 Å². The van der Waals surface area contributed by atoms with Crippen LogP contribution in [-0.2, 0) is 9.53 Å². The van der Waals surface area contributed by atoms with Crippen LogP contribution in [0.2, 0.25) is 0 Å². The zero-order chi connectivity index (χ0) is 13.8. The molecule has 0 spiro atoms. The average Bonchev–Trinajstić information content (AvgIpc) is 2.35. The van der Waals surface area contributed by atoms with E-state index in [1.807, 2.05) is 0 Å². The highest BCUT2D eigenvalue weighted by Crippen LogP contribution is 2.61. The number of nitrogens with two attached hydrogens (primary N) is 1. The molecule has 1 unspecified atom stereocenters. The van der Waals surface area contributed by atoms with Gasteiger partial charge in [0.2, 0.25) is 0 Å². The van der Waals surface area contributed by atoms with Crippen LogP contribution in [0.25, 0.3) is 0 Å². The number of hydrogen-bond donors (Lipinski definition) is 1. The molecule has 4 aliphatic rings. The van der Waals surface area contributed by atoms with Crippen LogP contribution in [0, 0.1) is 35.0 Å². The maximum Gasteiger partial charge on any atom is 0.323 e. The van der Waals surface area contributed by atoms with Crippen LogP contribution in [0.4, 0.5) is 0 Å². The van der Waals surface area contributed by atoms with E-state index in [-0.39, 0.29) is 11.4 Å². The lowest BCUT2D eigenvalue weighted by atomic mass is 9.46. The Kier molecular flexibility index (Phi) is 3.16. The molecule has 4 saturated carbocycles. The molecule has 19 heavy (non-hydrogen) atoms. The maximum absolute atomic E-state index is 11.8. The molecule has 0 radical (unpaired) electrons. The molecule has 0 aromatic carbocycles. The zero-order valence-corrected chi connectivity index (χ0v) is 12.4. The van der Waals surface area contributed by atoms with Crippen molar-refractivity contribution in [2.24, 2.45) is 40.7 Å². The van der Waals surface area contributed by atoms with Gasteiger partial charge in [0.25, 0.3) is 0 Å². The zero-order valence-electron chi connectivity index (χ0n) is 12.4. The predicted molar refractivity (Wildman–Crippen MR) is 74.3 cm³/mol. The van der Waals surface area contributed by atoms with Crippen molar-refractivity contribution < 1.29 is 9.53 Å². The van der Waals surface area contributed by atoms with Crippen LogP contribution in [-0.4, -0.2) is 19.1 Å². The van der Waals surface area contributed by atoms with Gasteiger partial charge in [0, 0.05) is 0 Å². The Morgan fingerprint density at radius 2 is 1.58 bits per heavy atom. The van der Waals surface area contributed by atoms with Crippen molar-refractivity contribution in [2.75, 3.05) is 7.11 Å². The first-order chi connectivity index (χ1) is 8.93. The van der Waals surface area contributed by atoms with Crippen LogP contribution in [0.5, 0.6) is 0 Å². The third-order valence-electron chi connectivity index (χ3n) is 6.34. The Bertz CT molecular complexity index is 349. The molecule has 0 saturated heterocycles. The van der Waals surface area contributed by atoms with Gasteiger partial charge in [0.1, 0.15) is 6.04 Å². The second-order valence-corrected chi connectivity index (χ2v) is 7.78. The topological polar surface area (TPSA) is 52.3 Å². The summed E-state index contributed by atoms with van der Waals surface area (Å²) in [5.74, 6) is 3.87. The summed E-state index contributed by atoms with van der Waals surface area (Å²) in [6.45, 7) is 4.36. The first-order valence-corrected chi connectivity index (χ1v) is 7.77. The monoisotopic (exact) mass is 265 g/mol. The summed E-state index contributed by atoms with van der Waals surface area (Å²) in [6, 6.07) is -0.486. The van der Waals surface area contributed by atoms with Crippen LogP contribution in [0.3, 0.4) is 0 Å². The molecule has 0 aromatic rings. The van der Waals surface area contributed by atoms with E-state index in [1.165, 1.54) is 39.2 Å². The summed E-state index contributed by atoms with van der Waals surface area (Å²) in [5.41, 5.74) is 6.07. The van der Waals surface area contributed by atoms with Crippen molar-refractivity contribution in [1.82, 2.24) is 0 Å². The van der Waals surface area contributed by atoms with Gasteiger partial charge in [-0.2, -0.15) is 0 Å². The van der Waals surface area contributed by atoms with Gasteiger partial charge in [-0.3, -0.25) is 4.79 Å². The molecule has 0 amide bonds. The first-order valence-electron chi connectivity index (χ1n) is 7.77. The molecule has 3 heteroatoms. The van der Waals surface area contributed by atoms with Crippen LogP contribution >= 0.6 is 0 Å². The lowest BCUT2D eigenvalue weighted by Gasteiger charge is -2.59. The third-order valence-corrected chi connectivity index (χ3v) is 6.34. The molecule has 4 fully saturated rings. The summed E-state index contributed by atoms with van der Waals surface area (Å²) in [7, 11) is 1.44. The van der Waals surface area contributed by atoms with E-state index in [4.69, 9.17) is 10.5 Å². The number of methoxy groups -OCH3 is 1. The minimum absolute atomic E-state index is 0.143. The lowest BCUT2D eigenvalue weighted by molar-refractivity contribution is -0.151. The number of carbonyl (C=O) groups is 1. The molecular formula is C16H27NO2. The molecule has 3 nitrogen and oxygen atoms in total. The molecule has 2 N–H and O–H groups in total. The summed E-state index contributed by atoms with van der Waals surface area (Å²) >= 11 is 0. The number of ether oxygens (including phenoxy) is 1. The number of rotatable bonds is 3. The summed E-state index contributed by atoms with van der Waals surface area (Å²) in [6.07, 6.45) is 6.94. The van der Waals surface area contributed by atoms with Gasteiger partial charge in [-0.25, -0.2) is 0 Å². The molecule has 0 aromatic heterocycles. The highest BCUT2D eigenvalue weighted by Gasteiger charge is 2.55. The minimum Gasteiger partial charge on any atom is -0.468 e. The van der Waals surface area contributed by atoms with E-state index in [0.717, 1.165) is 23.7 Å². The van der Waals surface area contributed by atoms with E-state index >= 15 is 0 Å². The molecule has 4 bridgehead atoms. The SMILES string of the molecule is COC(=O)C(N)C(C)(C)C1C2CC3CC(C2)CC1C3. The molecular weight excluding hydrogens is 238 g/mol. The van der Waals surface area contributed by atoms with E-state index in [0.29, 0.717) is 5.92 Å². The number of carbonyl (C=O) groups excluding carboxylic acids is 1. The molecule has 4 rings (SSSR count). The normalized spacial score (nSPS) is 42.2. The van der Waals surface area contributed by atoms with Crippen LogP contribution in [0.1, 0.15) is 46.0 Å². The summed E-state index contributed by atoms with van der Waals surface area (Å²) < 4.78 is 4.88. The molecule has 0 heterocycles. The van der Waals surface area contributed by atoms with Gasteiger partial charge in [0.05, 0.1) is 7.11 Å². The van der Waals surface area contributed by atoms with Gasteiger partial charge in [-0.05, 0) is 67.1 Å². The van der Waals surface area contributed by atoms with Crippen molar-refractivity contribution in [3.8, 4) is 0 Å². The van der Waals surface area contributed by atoms with E-state index < -0.39 is 6.04 Å². The second kappa shape index (κ2) is 4.47. The van der Waals surface area contributed by atoms with Gasteiger partial charge in [-0.15, -0.1) is 0 Å². The smallest absolute Gasteiger partial charge is 0.323 e. The van der Waals surface area contributed by atoms with E-state index in [2.05, 4.69) is 13.8 Å². The molecule has 1 atom stereocenters. The molecule has 0 aliphatic heterocycles. The van der Waals surface area contributed by atoms with Crippen LogP contribution in [0.15, 0.2) is 0 Å². The standard InChI is InChI=1S/C16H27NO2/c1-16(2,14(17)15(18)19-3)13-11-5-9-4-10(7-11)8-12(13)6-9/h9-14H,4-8,17H2,1-3H3. The Balaban J connectivity index is 1.83. The first kappa shape index (κ1) is 13.4. The van der Waals surface area contributed by atoms with Crippen molar-refractivity contribution in [2.45, 2.75) is 52.0 Å². The molecule has 108 valence electrons. The fourth-order valence-corrected chi connectivity index (χ4v) is 5.78. The lowest BCUT2D eigenvalue weighted by Crippen LogP contribution is -2.57. The fraction of sp³-hybridized carbons (Fsp3) is 0.938. The predicted octanol–water partition coefficient (Wildman–Crippen LogP) is 2.59. The fourth-order valence-electron chi connectivity index (χ4n) is 5.78. The molecule has 4 aliphatic carbocycles. The van der Waals surface area contributed by atoms with Gasteiger partial charge >= 0.3 is 5.97 Å². The van der Waals surface area contributed by atoms with Crippen molar-refractivity contribution in [3.05, 3.63) is 0 Å². The Morgan fingerprint density at radius 3 is 2.00 bits per heavy atom. The second-order valence-electron chi connectivity index (χ2n) is 7.78. The van der Waals surface area contributed by atoms with E-state index in [9.17, 15) is 4.79 Å². The average molecular weight is 265 g/mol. The van der Waals surface area contributed by atoms with Crippen molar-refractivity contribution >= 4 is 5.97 Å². The Morgan fingerprint density at radius 1 is 1.11 bits per heavy atom. The Hall–Kier alpha value is -0.570. The third kappa shape index (κ3) is 2.01. The van der Waals surface area contributed by atoms with Gasteiger partial charge < -0.3 is 10.5 Å². The van der Waals surface area contributed by atoms with E-state index in [1.54, 1.807) is 0 Å². The maximum atomic E-state index is 11.8. The van der Waals surface area contributed by atoms with Crippen LogP contribution < -0.4 is 5.73 Å². The Labute approximate surface area is 116 Å². The van der Waals surface area contributed by atoms with Crippen molar-refractivity contribution in [3.63, 3.8) is 0 Å². The summed E-state index contributed by atoms with van der Waals surface area (Å²) in [5, 5.41) is 0. The highest BCUT2D eigenvalue weighted by molar-refractivity contribution is 5.76. The number of hydrogen-bond acceptors (Lipinski definition) is 3. The minimum atomic E-state index is -0.486. The quantitative estimate of drug-likeness (QED) is 0.798. The highest BCUT2D eigenvalue weighted by atomic mass is 16.5. The van der Waals surface area contributed by atoms with Crippen molar-refractivity contribution in [1.29, 1.82) is 0 Å². The van der Waals surface area contributed by atoms with Gasteiger partial charge in [0.15, 0.2) is 0 Å². The summed E-state index contributed by atoms with van der Waals surface area (Å²) in [4.78, 5) is 11.8. The number of esters is 1.